The lowest BCUT2D eigenvalue weighted by atomic mass is 10.1. The maximum Gasteiger partial charge on any atom is 0.0827 e. The van der Waals surface area contributed by atoms with Gasteiger partial charge in [-0.2, -0.15) is 10.2 Å². The first kappa shape index (κ1) is 18.5. The fourth-order valence-electron chi connectivity index (χ4n) is 2.26. The summed E-state index contributed by atoms with van der Waals surface area (Å²) in [4.78, 5) is 0. The van der Waals surface area contributed by atoms with Crippen molar-refractivity contribution in [1.29, 1.82) is 0 Å². The van der Waals surface area contributed by atoms with Crippen LogP contribution in [0.4, 0.5) is 0 Å². The molecular formula is C16H29N5O. The lowest BCUT2D eigenvalue weighted by molar-refractivity contribution is 0.284. The molecule has 0 amide bonds. The van der Waals surface area contributed by atoms with E-state index in [4.69, 9.17) is 5.11 Å². The van der Waals surface area contributed by atoms with Crippen LogP contribution in [0.25, 0.3) is 0 Å². The lowest BCUT2D eigenvalue weighted by Crippen LogP contribution is -1.98. The Hall–Kier alpha value is -1.56. The van der Waals surface area contributed by atoms with Gasteiger partial charge >= 0.3 is 0 Å². The van der Waals surface area contributed by atoms with Crippen molar-refractivity contribution in [2.24, 2.45) is 10.2 Å². The van der Waals surface area contributed by atoms with E-state index >= 15 is 0 Å². The number of aliphatic hydroxyl groups is 1. The smallest absolute Gasteiger partial charge is 0.0827 e. The standard InChI is InChI=1S/C16H29N5O/c1-2-17-18-12-8-5-3-4-6-9-13-21-15-16(19-20-21)11-7-10-14-22/h2,15,22H,1,3-14H2. The van der Waals surface area contributed by atoms with Crippen LogP contribution in [0.2, 0.25) is 0 Å². The molecule has 1 aromatic rings. The van der Waals surface area contributed by atoms with Crippen molar-refractivity contribution < 1.29 is 5.11 Å². The summed E-state index contributed by atoms with van der Waals surface area (Å²) in [6, 6.07) is 0. The number of hydrogen-bond acceptors (Lipinski definition) is 5. The highest BCUT2D eigenvalue weighted by Crippen LogP contribution is 2.07. The van der Waals surface area contributed by atoms with E-state index in [0.29, 0.717) is 0 Å². The van der Waals surface area contributed by atoms with E-state index < -0.39 is 0 Å². The van der Waals surface area contributed by atoms with E-state index in [1.54, 1.807) is 0 Å². The van der Waals surface area contributed by atoms with Crippen molar-refractivity contribution in [3.63, 3.8) is 0 Å². The van der Waals surface area contributed by atoms with E-state index in [-0.39, 0.29) is 6.61 Å². The number of nitrogens with zero attached hydrogens (tertiary/aromatic N) is 5. The number of aliphatic hydroxyl groups excluding tert-OH is 1. The van der Waals surface area contributed by atoms with Crippen LogP contribution >= 0.6 is 0 Å². The van der Waals surface area contributed by atoms with Gasteiger partial charge in [-0.15, -0.1) is 5.10 Å². The molecular weight excluding hydrogens is 278 g/mol. The van der Waals surface area contributed by atoms with Gasteiger partial charge in [-0.1, -0.05) is 37.5 Å². The minimum Gasteiger partial charge on any atom is -0.396 e. The quantitative estimate of drug-likeness (QED) is 0.422. The van der Waals surface area contributed by atoms with Crippen LogP contribution < -0.4 is 0 Å². The summed E-state index contributed by atoms with van der Waals surface area (Å²) >= 11 is 0. The summed E-state index contributed by atoms with van der Waals surface area (Å²) in [7, 11) is 0. The van der Waals surface area contributed by atoms with Gasteiger partial charge in [0, 0.05) is 25.5 Å². The van der Waals surface area contributed by atoms with Gasteiger partial charge in [0.1, 0.15) is 0 Å². The van der Waals surface area contributed by atoms with E-state index in [2.05, 4.69) is 27.1 Å². The summed E-state index contributed by atoms with van der Waals surface area (Å²) in [5.74, 6) is 0. The number of unbranched alkanes of at least 4 members (excludes halogenated alkanes) is 6. The first-order valence-corrected chi connectivity index (χ1v) is 8.34. The highest BCUT2D eigenvalue weighted by atomic mass is 16.2. The molecule has 0 aliphatic carbocycles. The van der Waals surface area contributed by atoms with Crippen molar-refractivity contribution in [2.75, 3.05) is 13.2 Å². The Labute approximate surface area is 133 Å². The predicted octanol–water partition coefficient (Wildman–Crippen LogP) is 3.53. The fourth-order valence-corrected chi connectivity index (χ4v) is 2.26. The van der Waals surface area contributed by atoms with Crippen LogP contribution in [0.15, 0.2) is 29.2 Å². The Bertz CT molecular complexity index is 416. The Kier molecular flexibility index (Phi) is 11.0. The van der Waals surface area contributed by atoms with Gasteiger partial charge in [-0.3, -0.25) is 4.68 Å². The molecule has 1 rings (SSSR count). The van der Waals surface area contributed by atoms with E-state index in [1.165, 1.54) is 31.9 Å². The molecule has 6 heteroatoms. The van der Waals surface area contributed by atoms with Gasteiger partial charge in [-0.25, -0.2) is 0 Å². The van der Waals surface area contributed by atoms with Gasteiger partial charge in [0.25, 0.3) is 0 Å². The minimum absolute atomic E-state index is 0.255. The van der Waals surface area contributed by atoms with Gasteiger partial charge in [0.15, 0.2) is 0 Å². The molecule has 124 valence electrons. The molecule has 6 nitrogen and oxygen atoms in total. The molecule has 1 N–H and O–H groups in total. The highest BCUT2D eigenvalue weighted by molar-refractivity contribution is 4.92. The molecule has 1 heterocycles. The molecule has 1 aromatic heterocycles. The summed E-state index contributed by atoms with van der Waals surface area (Å²) < 4.78 is 1.93. The molecule has 0 saturated heterocycles. The molecule has 0 saturated carbocycles. The molecule has 0 atom stereocenters. The van der Waals surface area contributed by atoms with Crippen LogP contribution in [0, 0.1) is 0 Å². The zero-order valence-corrected chi connectivity index (χ0v) is 13.5. The minimum atomic E-state index is 0.255. The van der Waals surface area contributed by atoms with Crippen LogP contribution in [0.5, 0.6) is 0 Å². The Morgan fingerprint density at radius 2 is 1.86 bits per heavy atom. The van der Waals surface area contributed by atoms with Gasteiger partial charge in [-0.05, 0) is 32.1 Å². The lowest BCUT2D eigenvalue weighted by Gasteiger charge is -2.01. The van der Waals surface area contributed by atoms with Gasteiger partial charge in [0.05, 0.1) is 12.2 Å². The molecule has 0 aromatic carbocycles. The number of aromatic nitrogens is 3. The Morgan fingerprint density at radius 1 is 1.09 bits per heavy atom. The fraction of sp³-hybridized carbons (Fsp3) is 0.750. The van der Waals surface area contributed by atoms with Crippen molar-refractivity contribution in [3.05, 3.63) is 24.7 Å². The largest absolute Gasteiger partial charge is 0.396 e. The van der Waals surface area contributed by atoms with Crippen molar-refractivity contribution in [1.82, 2.24) is 15.0 Å². The average Bonchev–Trinajstić information content (AvgIpc) is 2.97. The maximum atomic E-state index is 8.75. The number of azo groups is 1. The number of hydrogen-bond donors (Lipinski definition) is 1. The summed E-state index contributed by atoms with van der Waals surface area (Å²) in [6.07, 6.45) is 13.4. The third kappa shape index (κ3) is 9.39. The van der Waals surface area contributed by atoms with Crippen LogP contribution in [0.3, 0.4) is 0 Å². The molecule has 0 radical (unpaired) electrons. The molecule has 0 fully saturated rings. The second kappa shape index (κ2) is 13.1. The summed E-state index contributed by atoms with van der Waals surface area (Å²) in [6.45, 7) is 5.50. The Balaban J connectivity index is 1.96. The third-order valence-corrected chi connectivity index (χ3v) is 3.49. The first-order chi connectivity index (χ1) is 10.9. The normalized spacial score (nSPS) is 11.3. The van der Waals surface area contributed by atoms with Gasteiger partial charge in [0.2, 0.25) is 0 Å². The van der Waals surface area contributed by atoms with E-state index in [1.807, 2.05) is 10.9 Å². The van der Waals surface area contributed by atoms with E-state index in [9.17, 15) is 0 Å². The zero-order valence-electron chi connectivity index (χ0n) is 13.5. The second-order valence-electron chi connectivity index (χ2n) is 5.44. The molecule has 0 spiro atoms. The number of rotatable bonds is 14. The van der Waals surface area contributed by atoms with Gasteiger partial charge < -0.3 is 5.11 Å². The summed E-state index contributed by atoms with van der Waals surface area (Å²) in [5.41, 5.74) is 1.03. The molecule has 0 unspecified atom stereocenters. The van der Waals surface area contributed by atoms with Crippen molar-refractivity contribution >= 4 is 0 Å². The Morgan fingerprint density at radius 3 is 2.64 bits per heavy atom. The molecule has 0 bridgehead atoms. The van der Waals surface area contributed by atoms with Crippen LogP contribution in [0.1, 0.15) is 57.1 Å². The van der Waals surface area contributed by atoms with Crippen LogP contribution in [-0.4, -0.2) is 33.3 Å². The zero-order chi connectivity index (χ0) is 15.9. The van der Waals surface area contributed by atoms with Crippen molar-refractivity contribution in [2.45, 2.75) is 64.3 Å². The van der Waals surface area contributed by atoms with E-state index in [0.717, 1.165) is 50.9 Å². The average molecular weight is 307 g/mol. The highest BCUT2D eigenvalue weighted by Gasteiger charge is 2.00. The molecule has 0 aliphatic heterocycles. The van der Waals surface area contributed by atoms with Crippen molar-refractivity contribution in [3.8, 4) is 0 Å². The number of aryl methyl sites for hydroxylation is 2. The van der Waals surface area contributed by atoms with Crippen LogP contribution in [-0.2, 0) is 13.0 Å². The maximum absolute atomic E-state index is 8.75. The monoisotopic (exact) mass is 307 g/mol. The molecule has 22 heavy (non-hydrogen) atoms. The third-order valence-electron chi connectivity index (χ3n) is 3.49. The SMILES string of the molecule is C=CN=NCCCCCCCCn1cc(CCCCO)nn1. The predicted molar refractivity (Wildman–Crippen MR) is 87.7 cm³/mol. The second-order valence-corrected chi connectivity index (χ2v) is 5.44. The summed E-state index contributed by atoms with van der Waals surface area (Å²) in [5, 5.41) is 24.8. The molecule has 0 aliphatic rings. The topological polar surface area (TPSA) is 75.7 Å². The first-order valence-electron chi connectivity index (χ1n) is 8.34.